The first-order chi connectivity index (χ1) is 9.13. The van der Waals surface area contributed by atoms with E-state index in [-0.39, 0.29) is 6.03 Å². The fourth-order valence-corrected chi connectivity index (χ4v) is 1.81. The van der Waals surface area contributed by atoms with Crippen molar-refractivity contribution >= 4 is 11.7 Å². The number of rotatable bonds is 7. The topological polar surface area (TPSA) is 61.4 Å². The van der Waals surface area contributed by atoms with Crippen LogP contribution < -0.4 is 10.6 Å². The molecule has 1 rings (SSSR count). The Hall–Kier alpha value is -1.55. The molecule has 0 saturated heterocycles. The largest absolute Gasteiger partial charge is 0.389 e. The van der Waals surface area contributed by atoms with Gasteiger partial charge >= 0.3 is 6.03 Å². The number of hydrogen-bond donors (Lipinski definition) is 3. The average molecular weight is 264 g/mol. The van der Waals surface area contributed by atoms with Gasteiger partial charge in [-0.25, -0.2) is 4.79 Å². The Balaban J connectivity index is 2.33. The van der Waals surface area contributed by atoms with E-state index in [1.807, 2.05) is 18.2 Å². The summed E-state index contributed by atoms with van der Waals surface area (Å²) in [5.74, 6) is 0. The molecule has 1 aromatic rings. The first-order valence-corrected chi connectivity index (χ1v) is 6.96. The maximum atomic E-state index is 11.6. The van der Waals surface area contributed by atoms with Gasteiger partial charge in [0.25, 0.3) is 0 Å². The zero-order chi connectivity index (χ0) is 14.1. The van der Waals surface area contributed by atoms with Crippen LogP contribution in [-0.4, -0.2) is 17.7 Å². The van der Waals surface area contributed by atoms with E-state index in [1.54, 1.807) is 13.0 Å². The van der Waals surface area contributed by atoms with E-state index in [2.05, 4.69) is 17.6 Å². The Morgan fingerprint density at radius 2 is 2.11 bits per heavy atom. The van der Waals surface area contributed by atoms with Crippen molar-refractivity contribution in [3.05, 3.63) is 29.8 Å². The Morgan fingerprint density at radius 3 is 2.79 bits per heavy atom. The highest BCUT2D eigenvalue weighted by molar-refractivity contribution is 5.89. The van der Waals surface area contributed by atoms with Gasteiger partial charge in [-0.2, -0.15) is 0 Å². The normalized spacial score (nSPS) is 11.9. The second-order valence-electron chi connectivity index (χ2n) is 4.74. The zero-order valence-electron chi connectivity index (χ0n) is 11.8. The summed E-state index contributed by atoms with van der Waals surface area (Å²) in [5, 5.41) is 15.1. The second-order valence-corrected chi connectivity index (χ2v) is 4.74. The van der Waals surface area contributed by atoms with Crippen LogP contribution in [0.25, 0.3) is 0 Å². The summed E-state index contributed by atoms with van der Waals surface area (Å²) in [4.78, 5) is 11.6. The van der Waals surface area contributed by atoms with Crippen molar-refractivity contribution in [3.8, 4) is 0 Å². The van der Waals surface area contributed by atoms with Gasteiger partial charge in [0.2, 0.25) is 0 Å². The number of carbonyl (C=O) groups is 1. The number of anilines is 1. The van der Waals surface area contributed by atoms with Gasteiger partial charge in [0.1, 0.15) is 0 Å². The van der Waals surface area contributed by atoms with Crippen LogP contribution in [-0.2, 0) is 0 Å². The van der Waals surface area contributed by atoms with E-state index in [0.717, 1.165) is 18.4 Å². The Morgan fingerprint density at radius 1 is 1.32 bits per heavy atom. The summed E-state index contributed by atoms with van der Waals surface area (Å²) in [6, 6.07) is 7.04. The number of carbonyl (C=O) groups excluding carboxylic acids is 1. The lowest BCUT2D eigenvalue weighted by atomic mass is 10.1. The highest BCUT2D eigenvalue weighted by Gasteiger charge is 2.04. The molecule has 0 heterocycles. The van der Waals surface area contributed by atoms with Crippen LogP contribution >= 0.6 is 0 Å². The smallest absolute Gasteiger partial charge is 0.319 e. The third kappa shape index (κ3) is 6.25. The van der Waals surface area contributed by atoms with Gasteiger partial charge in [-0.15, -0.1) is 0 Å². The Labute approximate surface area is 115 Å². The minimum absolute atomic E-state index is 0.195. The fraction of sp³-hybridized carbons (Fsp3) is 0.533. The number of amides is 2. The summed E-state index contributed by atoms with van der Waals surface area (Å²) in [5.41, 5.74) is 1.49. The molecular formula is C15H24N2O2. The Kier molecular flexibility index (Phi) is 6.97. The Bertz CT molecular complexity index is 391. The van der Waals surface area contributed by atoms with E-state index >= 15 is 0 Å². The van der Waals surface area contributed by atoms with Crippen molar-refractivity contribution < 1.29 is 9.90 Å². The molecule has 0 bridgehead atoms. The maximum absolute atomic E-state index is 11.6. The minimum Gasteiger partial charge on any atom is -0.389 e. The number of aliphatic hydroxyl groups excluding tert-OH is 1. The molecule has 0 fully saturated rings. The van der Waals surface area contributed by atoms with E-state index in [0.29, 0.717) is 12.2 Å². The summed E-state index contributed by atoms with van der Waals surface area (Å²) >= 11 is 0. The van der Waals surface area contributed by atoms with Crippen LogP contribution in [0.1, 0.15) is 51.2 Å². The van der Waals surface area contributed by atoms with E-state index < -0.39 is 6.10 Å². The summed E-state index contributed by atoms with van der Waals surface area (Å²) in [6.45, 7) is 4.56. The molecule has 0 aromatic heterocycles. The maximum Gasteiger partial charge on any atom is 0.319 e. The molecule has 106 valence electrons. The van der Waals surface area contributed by atoms with Gasteiger partial charge in [0, 0.05) is 12.2 Å². The number of nitrogens with one attached hydrogen (secondary N) is 2. The predicted octanol–water partition coefficient (Wildman–Crippen LogP) is 3.44. The first-order valence-electron chi connectivity index (χ1n) is 6.96. The van der Waals surface area contributed by atoms with Crippen LogP contribution in [0.15, 0.2) is 24.3 Å². The molecule has 4 nitrogen and oxygen atoms in total. The van der Waals surface area contributed by atoms with Gasteiger partial charge in [-0.3, -0.25) is 0 Å². The minimum atomic E-state index is -0.529. The average Bonchev–Trinajstić information content (AvgIpc) is 2.38. The van der Waals surface area contributed by atoms with Gasteiger partial charge in [0.15, 0.2) is 0 Å². The molecule has 1 aromatic carbocycles. The molecular weight excluding hydrogens is 240 g/mol. The van der Waals surface area contributed by atoms with Crippen LogP contribution in [0.5, 0.6) is 0 Å². The molecule has 4 heteroatoms. The lowest BCUT2D eigenvalue weighted by Gasteiger charge is -2.10. The quantitative estimate of drug-likeness (QED) is 0.661. The summed E-state index contributed by atoms with van der Waals surface area (Å²) < 4.78 is 0. The van der Waals surface area contributed by atoms with Gasteiger partial charge in [-0.1, -0.05) is 38.3 Å². The first kappa shape index (κ1) is 15.5. The van der Waals surface area contributed by atoms with E-state index in [9.17, 15) is 9.90 Å². The molecule has 0 aliphatic carbocycles. The highest BCUT2D eigenvalue weighted by Crippen LogP contribution is 2.16. The zero-order valence-corrected chi connectivity index (χ0v) is 11.8. The van der Waals surface area contributed by atoms with Crippen molar-refractivity contribution in [2.75, 3.05) is 11.9 Å². The molecule has 19 heavy (non-hydrogen) atoms. The third-order valence-electron chi connectivity index (χ3n) is 2.94. The number of unbranched alkanes of at least 4 members (excludes halogenated alkanes) is 3. The van der Waals surface area contributed by atoms with Crippen molar-refractivity contribution in [3.63, 3.8) is 0 Å². The van der Waals surface area contributed by atoms with Crippen molar-refractivity contribution in [1.82, 2.24) is 5.32 Å². The van der Waals surface area contributed by atoms with E-state index in [4.69, 9.17) is 0 Å². The van der Waals surface area contributed by atoms with Crippen LogP contribution in [0.3, 0.4) is 0 Å². The molecule has 0 radical (unpaired) electrons. The standard InChI is InChI=1S/C15H24N2O2/c1-3-4-5-6-10-16-15(19)17-14-9-7-8-13(11-14)12(2)18/h7-9,11-12,18H,3-6,10H2,1-2H3,(H2,16,17,19)/t12-/m1/s1. The predicted molar refractivity (Wildman–Crippen MR) is 78.2 cm³/mol. The lowest BCUT2D eigenvalue weighted by molar-refractivity contribution is 0.199. The highest BCUT2D eigenvalue weighted by atomic mass is 16.3. The number of benzene rings is 1. The molecule has 0 unspecified atom stereocenters. The van der Waals surface area contributed by atoms with E-state index in [1.165, 1.54) is 12.8 Å². The molecule has 1 atom stereocenters. The third-order valence-corrected chi connectivity index (χ3v) is 2.94. The monoisotopic (exact) mass is 264 g/mol. The van der Waals surface area contributed by atoms with Crippen molar-refractivity contribution in [2.24, 2.45) is 0 Å². The van der Waals surface area contributed by atoms with Gasteiger partial charge in [-0.05, 0) is 31.0 Å². The van der Waals surface area contributed by atoms with Gasteiger partial charge < -0.3 is 15.7 Å². The van der Waals surface area contributed by atoms with Crippen LogP contribution in [0.4, 0.5) is 10.5 Å². The second kappa shape index (κ2) is 8.53. The van der Waals surface area contributed by atoms with Crippen molar-refractivity contribution in [1.29, 1.82) is 0 Å². The number of urea groups is 1. The molecule has 0 spiro atoms. The lowest BCUT2D eigenvalue weighted by Crippen LogP contribution is -2.29. The summed E-state index contributed by atoms with van der Waals surface area (Å²) in [7, 11) is 0. The molecule has 0 aliphatic heterocycles. The SMILES string of the molecule is CCCCCCNC(=O)Nc1cccc([C@@H](C)O)c1. The number of aliphatic hydroxyl groups is 1. The van der Waals surface area contributed by atoms with Crippen molar-refractivity contribution in [2.45, 2.75) is 45.6 Å². The number of hydrogen-bond acceptors (Lipinski definition) is 2. The van der Waals surface area contributed by atoms with Crippen LogP contribution in [0, 0.1) is 0 Å². The fourth-order valence-electron chi connectivity index (χ4n) is 1.81. The molecule has 0 aliphatic rings. The molecule has 0 saturated carbocycles. The van der Waals surface area contributed by atoms with Crippen LogP contribution in [0.2, 0.25) is 0 Å². The molecule has 2 amide bonds. The van der Waals surface area contributed by atoms with Gasteiger partial charge in [0.05, 0.1) is 6.10 Å². The summed E-state index contributed by atoms with van der Waals surface area (Å²) in [6.07, 6.45) is 4.03. The molecule has 3 N–H and O–H groups in total.